The minimum atomic E-state index is -0.485. The monoisotopic (exact) mass is 210 g/mol. The summed E-state index contributed by atoms with van der Waals surface area (Å²) in [6.07, 6.45) is 0. The van der Waals surface area contributed by atoms with E-state index in [2.05, 4.69) is 0 Å². The van der Waals surface area contributed by atoms with Crippen LogP contribution in [0.15, 0.2) is 12.1 Å². The molecular weight excluding hydrogens is 195 g/mol. The second-order valence-electron chi connectivity index (χ2n) is 3.85. The molecule has 82 valence electrons. The molecule has 15 heavy (non-hydrogen) atoms. The van der Waals surface area contributed by atoms with Gasteiger partial charge in [0.15, 0.2) is 17.3 Å². The summed E-state index contributed by atoms with van der Waals surface area (Å²) < 4.78 is 18.4. The van der Waals surface area contributed by atoms with Crippen molar-refractivity contribution in [1.82, 2.24) is 0 Å². The number of rotatable bonds is 3. The van der Waals surface area contributed by atoms with Crippen LogP contribution in [0, 0.1) is 18.7 Å². The van der Waals surface area contributed by atoms with Gasteiger partial charge in [-0.3, -0.25) is 4.79 Å². The van der Waals surface area contributed by atoms with Crippen molar-refractivity contribution in [2.45, 2.75) is 20.8 Å². The van der Waals surface area contributed by atoms with Gasteiger partial charge in [0.1, 0.15) is 0 Å². The lowest BCUT2D eigenvalue weighted by molar-refractivity contribution is 0.0935. The van der Waals surface area contributed by atoms with Gasteiger partial charge in [0.25, 0.3) is 0 Å². The van der Waals surface area contributed by atoms with Gasteiger partial charge >= 0.3 is 0 Å². The van der Waals surface area contributed by atoms with Crippen molar-refractivity contribution < 1.29 is 13.9 Å². The van der Waals surface area contributed by atoms with Gasteiger partial charge < -0.3 is 4.74 Å². The average molecular weight is 210 g/mol. The quantitative estimate of drug-likeness (QED) is 0.717. The molecule has 1 aromatic rings. The fourth-order valence-electron chi connectivity index (χ4n) is 1.43. The number of hydrogen-bond donors (Lipinski definition) is 0. The predicted molar refractivity (Wildman–Crippen MR) is 56.9 cm³/mol. The number of ether oxygens (including phenoxy) is 1. The van der Waals surface area contributed by atoms with E-state index in [-0.39, 0.29) is 17.5 Å². The van der Waals surface area contributed by atoms with Crippen molar-refractivity contribution in [2.24, 2.45) is 5.92 Å². The van der Waals surface area contributed by atoms with Crippen LogP contribution in [0.4, 0.5) is 4.39 Å². The Morgan fingerprint density at radius 1 is 1.40 bits per heavy atom. The van der Waals surface area contributed by atoms with Crippen LogP contribution in [0.25, 0.3) is 0 Å². The number of Topliss-reactive ketones (excluding diaryl/α,β-unsaturated/α-hetero) is 1. The average Bonchev–Trinajstić information content (AvgIpc) is 2.15. The van der Waals surface area contributed by atoms with Gasteiger partial charge in [-0.05, 0) is 24.6 Å². The number of ketones is 1. The Kier molecular flexibility index (Phi) is 3.45. The number of hydrogen-bond acceptors (Lipinski definition) is 2. The van der Waals surface area contributed by atoms with Gasteiger partial charge in [-0.25, -0.2) is 4.39 Å². The molecular formula is C12H15FO2. The SMILES string of the molecule is COc1c(F)cc(C)cc1C(=O)C(C)C. The topological polar surface area (TPSA) is 26.3 Å². The molecule has 1 aromatic carbocycles. The van der Waals surface area contributed by atoms with E-state index in [1.54, 1.807) is 26.8 Å². The molecule has 0 amide bonds. The maximum atomic E-state index is 13.5. The Morgan fingerprint density at radius 2 is 2.00 bits per heavy atom. The van der Waals surface area contributed by atoms with E-state index in [9.17, 15) is 9.18 Å². The maximum absolute atomic E-state index is 13.5. The zero-order chi connectivity index (χ0) is 11.6. The van der Waals surface area contributed by atoms with Crippen LogP contribution in [0.5, 0.6) is 5.75 Å². The van der Waals surface area contributed by atoms with Crippen molar-refractivity contribution in [1.29, 1.82) is 0 Å². The first-order valence-electron chi connectivity index (χ1n) is 4.85. The summed E-state index contributed by atoms with van der Waals surface area (Å²) in [5, 5.41) is 0. The van der Waals surface area contributed by atoms with E-state index in [0.29, 0.717) is 5.56 Å². The first kappa shape index (κ1) is 11.7. The van der Waals surface area contributed by atoms with E-state index < -0.39 is 5.82 Å². The fourth-order valence-corrected chi connectivity index (χ4v) is 1.43. The molecule has 2 nitrogen and oxygen atoms in total. The Hall–Kier alpha value is -1.38. The van der Waals surface area contributed by atoms with E-state index in [1.165, 1.54) is 13.2 Å². The number of aryl methyl sites for hydroxylation is 1. The van der Waals surface area contributed by atoms with Gasteiger partial charge in [0.2, 0.25) is 0 Å². The second-order valence-corrected chi connectivity index (χ2v) is 3.85. The maximum Gasteiger partial charge on any atom is 0.169 e. The number of halogens is 1. The highest BCUT2D eigenvalue weighted by Crippen LogP contribution is 2.26. The molecule has 0 radical (unpaired) electrons. The largest absolute Gasteiger partial charge is 0.493 e. The lowest BCUT2D eigenvalue weighted by Crippen LogP contribution is -2.10. The van der Waals surface area contributed by atoms with E-state index >= 15 is 0 Å². The summed E-state index contributed by atoms with van der Waals surface area (Å²) in [7, 11) is 1.37. The second kappa shape index (κ2) is 4.43. The van der Waals surface area contributed by atoms with Gasteiger partial charge in [-0.15, -0.1) is 0 Å². The molecule has 0 bridgehead atoms. The van der Waals surface area contributed by atoms with Crippen LogP contribution in [0.3, 0.4) is 0 Å². The van der Waals surface area contributed by atoms with Crippen LogP contribution in [0.1, 0.15) is 29.8 Å². The highest BCUT2D eigenvalue weighted by molar-refractivity contribution is 6.00. The van der Waals surface area contributed by atoms with Crippen molar-refractivity contribution >= 4 is 5.78 Å². The van der Waals surface area contributed by atoms with Crippen molar-refractivity contribution in [2.75, 3.05) is 7.11 Å². The number of methoxy groups -OCH3 is 1. The smallest absolute Gasteiger partial charge is 0.169 e. The summed E-state index contributed by atoms with van der Waals surface area (Å²) in [6.45, 7) is 5.31. The Bertz CT molecular complexity index is 383. The first-order valence-corrected chi connectivity index (χ1v) is 4.85. The standard InChI is InChI=1S/C12H15FO2/c1-7(2)11(14)9-5-8(3)6-10(13)12(9)15-4/h5-7H,1-4H3. The molecule has 0 fully saturated rings. The molecule has 0 atom stereocenters. The molecule has 0 saturated carbocycles. The summed E-state index contributed by atoms with van der Waals surface area (Å²) in [5.41, 5.74) is 1.04. The van der Waals surface area contributed by atoms with E-state index in [0.717, 1.165) is 5.56 Å². The Labute approximate surface area is 89.1 Å². The van der Waals surface area contributed by atoms with Crippen LogP contribution in [-0.4, -0.2) is 12.9 Å². The molecule has 0 unspecified atom stereocenters. The minimum absolute atomic E-state index is 0.0410. The summed E-state index contributed by atoms with van der Waals surface area (Å²) >= 11 is 0. The Morgan fingerprint density at radius 3 is 2.47 bits per heavy atom. The summed E-state index contributed by atoms with van der Waals surface area (Å²) in [4.78, 5) is 11.8. The van der Waals surface area contributed by atoms with Crippen LogP contribution >= 0.6 is 0 Å². The summed E-state index contributed by atoms with van der Waals surface area (Å²) in [5.74, 6) is -0.713. The molecule has 0 spiro atoms. The molecule has 0 aliphatic heterocycles. The number of carbonyl (C=O) groups excluding carboxylic acids is 1. The third-order valence-electron chi connectivity index (χ3n) is 2.18. The number of carbonyl (C=O) groups is 1. The van der Waals surface area contributed by atoms with Crippen LogP contribution in [-0.2, 0) is 0 Å². The highest BCUT2D eigenvalue weighted by atomic mass is 19.1. The van der Waals surface area contributed by atoms with Gasteiger partial charge in [-0.2, -0.15) is 0 Å². The van der Waals surface area contributed by atoms with Crippen molar-refractivity contribution in [3.05, 3.63) is 29.1 Å². The molecule has 0 saturated heterocycles. The predicted octanol–water partition coefficient (Wildman–Crippen LogP) is 2.98. The van der Waals surface area contributed by atoms with Crippen LogP contribution < -0.4 is 4.74 Å². The highest BCUT2D eigenvalue weighted by Gasteiger charge is 2.19. The third-order valence-corrected chi connectivity index (χ3v) is 2.18. The third kappa shape index (κ3) is 2.35. The van der Waals surface area contributed by atoms with E-state index in [1.807, 2.05) is 0 Å². The van der Waals surface area contributed by atoms with Gasteiger partial charge in [0.05, 0.1) is 12.7 Å². The van der Waals surface area contributed by atoms with Gasteiger partial charge in [-0.1, -0.05) is 13.8 Å². The fraction of sp³-hybridized carbons (Fsp3) is 0.417. The Balaban J connectivity index is 3.32. The molecule has 0 aliphatic rings. The molecule has 0 heterocycles. The molecule has 0 aliphatic carbocycles. The molecule has 1 rings (SSSR count). The lowest BCUT2D eigenvalue weighted by atomic mass is 9.98. The van der Waals surface area contributed by atoms with Crippen molar-refractivity contribution in [3.63, 3.8) is 0 Å². The lowest BCUT2D eigenvalue weighted by Gasteiger charge is -2.11. The minimum Gasteiger partial charge on any atom is -0.493 e. The van der Waals surface area contributed by atoms with Crippen LogP contribution in [0.2, 0.25) is 0 Å². The molecule has 0 aromatic heterocycles. The van der Waals surface area contributed by atoms with Crippen molar-refractivity contribution in [3.8, 4) is 5.75 Å². The summed E-state index contributed by atoms with van der Waals surface area (Å²) in [6, 6.07) is 3.01. The normalized spacial score (nSPS) is 10.5. The first-order chi connectivity index (χ1) is 6.97. The van der Waals surface area contributed by atoms with E-state index in [4.69, 9.17) is 4.74 Å². The zero-order valence-corrected chi connectivity index (χ0v) is 9.43. The number of benzene rings is 1. The molecule has 0 N–H and O–H groups in total. The molecule has 3 heteroatoms. The zero-order valence-electron chi connectivity index (χ0n) is 9.43. The van der Waals surface area contributed by atoms with Gasteiger partial charge in [0, 0.05) is 5.92 Å².